The molecule has 0 N–H and O–H groups in total. The van der Waals surface area contributed by atoms with Crippen LogP contribution in [0, 0.1) is 12.8 Å². The maximum atomic E-state index is 11.9. The van der Waals surface area contributed by atoms with E-state index in [4.69, 9.17) is 0 Å². The molecule has 110 valence electrons. The van der Waals surface area contributed by atoms with Gasteiger partial charge in [-0.25, -0.2) is 4.68 Å². The summed E-state index contributed by atoms with van der Waals surface area (Å²) >= 11 is 1.62. The largest absolute Gasteiger partial charge is 0.346 e. The Morgan fingerprint density at radius 2 is 2.10 bits per heavy atom. The van der Waals surface area contributed by atoms with Crippen molar-refractivity contribution in [1.29, 1.82) is 0 Å². The van der Waals surface area contributed by atoms with E-state index in [0.717, 1.165) is 28.9 Å². The Morgan fingerprint density at radius 1 is 1.29 bits per heavy atom. The summed E-state index contributed by atoms with van der Waals surface area (Å²) in [5.41, 5.74) is 1.08. The number of nitrogens with zero attached hydrogens (tertiary/aromatic N) is 5. The van der Waals surface area contributed by atoms with E-state index in [1.807, 2.05) is 13.0 Å². The zero-order valence-electron chi connectivity index (χ0n) is 11.9. The molecule has 2 aromatic rings. The first-order chi connectivity index (χ1) is 10.2. The first-order valence-electron chi connectivity index (χ1n) is 7.32. The molecule has 0 amide bonds. The van der Waals surface area contributed by atoms with E-state index in [2.05, 4.69) is 20.2 Å². The van der Waals surface area contributed by atoms with Crippen LogP contribution in [0.15, 0.2) is 16.9 Å². The molecule has 7 heteroatoms. The second-order valence-corrected chi connectivity index (χ2v) is 7.09. The lowest BCUT2D eigenvalue weighted by atomic mass is 10.0. The number of hydrogen-bond donors (Lipinski definition) is 0. The van der Waals surface area contributed by atoms with Gasteiger partial charge in [0.2, 0.25) is 5.13 Å². The summed E-state index contributed by atoms with van der Waals surface area (Å²) in [7, 11) is 0. The van der Waals surface area contributed by atoms with E-state index in [-0.39, 0.29) is 5.56 Å². The maximum absolute atomic E-state index is 11.9. The summed E-state index contributed by atoms with van der Waals surface area (Å²) in [5.74, 6) is 1.05. The van der Waals surface area contributed by atoms with Gasteiger partial charge < -0.3 is 4.90 Å². The summed E-state index contributed by atoms with van der Waals surface area (Å²) in [6, 6.07) is 3.54. The van der Waals surface area contributed by atoms with Crippen LogP contribution in [0.4, 0.5) is 5.13 Å². The molecule has 0 radical (unpaired) electrons. The van der Waals surface area contributed by atoms with Crippen LogP contribution in [-0.4, -0.2) is 33.1 Å². The molecule has 4 rings (SSSR count). The molecule has 1 aliphatic carbocycles. The highest BCUT2D eigenvalue weighted by Crippen LogP contribution is 2.38. The minimum atomic E-state index is 0.00427. The Balaban J connectivity index is 1.41. The predicted molar refractivity (Wildman–Crippen MR) is 80.8 cm³/mol. The van der Waals surface area contributed by atoms with Gasteiger partial charge in [0.15, 0.2) is 0 Å². The van der Waals surface area contributed by atoms with Gasteiger partial charge in [0.05, 0.1) is 12.2 Å². The Morgan fingerprint density at radius 3 is 2.76 bits per heavy atom. The molecule has 0 bridgehead atoms. The summed E-state index contributed by atoms with van der Waals surface area (Å²) in [4.78, 5) is 14.1. The summed E-state index contributed by atoms with van der Waals surface area (Å²) in [6.07, 6.45) is 2.41. The molecular weight excluding hydrogens is 286 g/mol. The highest BCUT2D eigenvalue weighted by atomic mass is 32.1. The molecule has 3 heterocycles. The SMILES string of the molecule is Cc1nnc(N2CC(Cn3nc(C4CC4)ccc3=O)C2)s1. The van der Waals surface area contributed by atoms with Gasteiger partial charge in [0.1, 0.15) is 5.01 Å². The molecule has 1 saturated carbocycles. The van der Waals surface area contributed by atoms with Crippen molar-refractivity contribution in [3.05, 3.63) is 33.2 Å². The fourth-order valence-electron chi connectivity index (χ4n) is 2.69. The molecule has 21 heavy (non-hydrogen) atoms. The zero-order valence-corrected chi connectivity index (χ0v) is 12.7. The van der Waals surface area contributed by atoms with Crippen LogP contribution >= 0.6 is 11.3 Å². The summed E-state index contributed by atoms with van der Waals surface area (Å²) in [5, 5.41) is 14.7. The van der Waals surface area contributed by atoms with Crippen LogP contribution in [0.3, 0.4) is 0 Å². The van der Waals surface area contributed by atoms with Crippen molar-refractivity contribution < 1.29 is 0 Å². The molecular formula is C14H17N5OS. The van der Waals surface area contributed by atoms with Crippen LogP contribution in [0.1, 0.15) is 29.5 Å². The highest BCUT2D eigenvalue weighted by Gasteiger charge is 2.30. The molecule has 0 spiro atoms. The Kier molecular flexibility index (Phi) is 3.02. The topological polar surface area (TPSA) is 63.9 Å². The van der Waals surface area contributed by atoms with Gasteiger partial charge in [-0.2, -0.15) is 5.10 Å². The molecule has 0 unspecified atom stereocenters. The maximum Gasteiger partial charge on any atom is 0.266 e. The second kappa shape index (κ2) is 4.91. The molecule has 0 aromatic carbocycles. The standard InChI is InChI=1S/C14H17N5OS/c1-9-15-16-14(21-9)18-6-10(7-18)8-19-13(20)5-4-12(17-19)11-2-3-11/h4-5,10-11H,2-3,6-8H2,1H3. The van der Waals surface area contributed by atoms with E-state index in [1.165, 1.54) is 12.8 Å². The Bertz CT molecular complexity index is 714. The van der Waals surface area contributed by atoms with Gasteiger partial charge >= 0.3 is 0 Å². The lowest BCUT2D eigenvalue weighted by Crippen LogP contribution is -2.49. The smallest absolute Gasteiger partial charge is 0.266 e. The number of hydrogen-bond acceptors (Lipinski definition) is 6. The normalized spacial score (nSPS) is 18.8. The first kappa shape index (κ1) is 12.9. The Labute approximate surface area is 126 Å². The van der Waals surface area contributed by atoms with Gasteiger partial charge in [-0.15, -0.1) is 10.2 Å². The molecule has 2 aromatic heterocycles. The zero-order chi connectivity index (χ0) is 14.4. The third kappa shape index (κ3) is 2.57. The van der Waals surface area contributed by atoms with Crippen molar-refractivity contribution in [2.24, 2.45) is 5.92 Å². The third-order valence-electron chi connectivity index (χ3n) is 4.06. The van der Waals surface area contributed by atoms with E-state index in [0.29, 0.717) is 18.4 Å². The van der Waals surface area contributed by atoms with Crippen LogP contribution in [-0.2, 0) is 6.54 Å². The average Bonchev–Trinajstić information content (AvgIpc) is 3.18. The second-order valence-electron chi connectivity index (χ2n) is 5.93. The van der Waals surface area contributed by atoms with Gasteiger partial charge in [-0.05, 0) is 25.8 Å². The van der Waals surface area contributed by atoms with Crippen molar-refractivity contribution in [2.45, 2.75) is 32.2 Å². The quantitative estimate of drug-likeness (QED) is 0.854. The monoisotopic (exact) mass is 303 g/mol. The van der Waals surface area contributed by atoms with Crippen LogP contribution in [0.25, 0.3) is 0 Å². The fraction of sp³-hybridized carbons (Fsp3) is 0.571. The number of aromatic nitrogens is 4. The van der Waals surface area contributed by atoms with Crippen LogP contribution in [0.5, 0.6) is 0 Å². The van der Waals surface area contributed by atoms with Crippen molar-refractivity contribution >= 4 is 16.5 Å². The number of aryl methyl sites for hydroxylation is 1. The minimum absolute atomic E-state index is 0.00427. The van der Waals surface area contributed by atoms with Gasteiger partial charge in [0.25, 0.3) is 5.56 Å². The van der Waals surface area contributed by atoms with Gasteiger partial charge in [-0.1, -0.05) is 11.3 Å². The van der Waals surface area contributed by atoms with Crippen molar-refractivity contribution in [1.82, 2.24) is 20.0 Å². The first-order valence-corrected chi connectivity index (χ1v) is 8.14. The van der Waals surface area contributed by atoms with Gasteiger partial charge in [0, 0.05) is 31.0 Å². The average molecular weight is 303 g/mol. The Hall–Kier alpha value is -1.76. The third-order valence-corrected chi connectivity index (χ3v) is 4.96. The lowest BCUT2D eigenvalue weighted by Gasteiger charge is -2.38. The lowest BCUT2D eigenvalue weighted by molar-refractivity contribution is 0.332. The molecule has 6 nitrogen and oxygen atoms in total. The van der Waals surface area contributed by atoms with Crippen molar-refractivity contribution in [2.75, 3.05) is 18.0 Å². The molecule has 0 atom stereocenters. The fourth-order valence-corrected chi connectivity index (χ4v) is 3.40. The van der Waals surface area contributed by atoms with E-state index < -0.39 is 0 Å². The van der Waals surface area contributed by atoms with Crippen LogP contribution < -0.4 is 10.5 Å². The van der Waals surface area contributed by atoms with Crippen LogP contribution in [0.2, 0.25) is 0 Å². The number of anilines is 1. The number of rotatable bonds is 4. The summed E-state index contributed by atoms with van der Waals surface area (Å²) < 4.78 is 1.64. The van der Waals surface area contributed by atoms with E-state index in [9.17, 15) is 4.79 Å². The minimum Gasteiger partial charge on any atom is -0.346 e. The molecule has 2 fully saturated rings. The van der Waals surface area contributed by atoms with Crippen molar-refractivity contribution in [3.63, 3.8) is 0 Å². The van der Waals surface area contributed by atoms with E-state index in [1.54, 1.807) is 22.1 Å². The van der Waals surface area contributed by atoms with Crippen molar-refractivity contribution in [3.8, 4) is 0 Å². The molecule has 2 aliphatic rings. The van der Waals surface area contributed by atoms with Gasteiger partial charge in [-0.3, -0.25) is 4.79 Å². The summed E-state index contributed by atoms with van der Waals surface area (Å²) in [6.45, 7) is 4.52. The van der Waals surface area contributed by atoms with E-state index >= 15 is 0 Å². The predicted octanol–water partition coefficient (Wildman–Crippen LogP) is 1.42. The highest BCUT2D eigenvalue weighted by molar-refractivity contribution is 7.15. The molecule has 1 saturated heterocycles. The molecule has 1 aliphatic heterocycles.